The van der Waals surface area contributed by atoms with Crippen LogP contribution in [-0.4, -0.2) is 42.3 Å². The third-order valence-electron chi connectivity index (χ3n) is 4.54. The largest absolute Gasteiger partial charge is 0.401 e. The highest BCUT2D eigenvalue weighted by atomic mass is 19.4. The minimum absolute atomic E-state index is 0.00289. The molecular formula is C16H31F3N2. The fraction of sp³-hybridized carbons (Fsp3) is 1.00. The summed E-state index contributed by atoms with van der Waals surface area (Å²) in [6.45, 7) is 7.95. The maximum absolute atomic E-state index is 12.9. The van der Waals surface area contributed by atoms with Gasteiger partial charge in [0.15, 0.2) is 0 Å². The number of hydrogen-bond acceptors (Lipinski definition) is 2. The van der Waals surface area contributed by atoms with E-state index in [1.54, 1.807) is 4.90 Å². The smallest absolute Gasteiger partial charge is 0.313 e. The van der Waals surface area contributed by atoms with Crippen molar-refractivity contribution in [3.05, 3.63) is 0 Å². The summed E-state index contributed by atoms with van der Waals surface area (Å²) < 4.78 is 38.8. The summed E-state index contributed by atoms with van der Waals surface area (Å²) in [5, 5.41) is 3.41. The molecule has 0 heterocycles. The van der Waals surface area contributed by atoms with Crippen LogP contribution < -0.4 is 5.32 Å². The molecule has 0 aromatic rings. The molecule has 0 aromatic heterocycles. The van der Waals surface area contributed by atoms with Gasteiger partial charge in [0, 0.05) is 18.1 Å². The van der Waals surface area contributed by atoms with E-state index in [9.17, 15) is 13.2 Å². The number of likely N-dealkylation sites (N-methyl/N-ethyl adjacent to an activating group) is 1. The molecule has 1 aliphatic rings. The van der Waals surface area contributed by atoms with Gasteiger partial charge in [0.05, 0.1) is 6.54 Å². The van der Waals surface area contributed by atoms with Crippen molar-refractivity contribution in [1.29, 1.82) is 0 Å². The van der Waals surface area contributed by atoms with Gasteiger partial charge in [0.1, 0.15) is 0 Å². The first kappa shape index (κ1) is 18.8. The Morgan fingerprint density at radius 3 is 2.33 bits per heavy atom. The van der Waals surface area contributed by atoms with Crippen molar-refractivity contribution in [2.45, 2.75) is 84.1 Å². The summed E-state index contributed by atoms with van der Waals surface area (Å²) in [6, 6.07) is 0.0999. The standard InChI is InChI=1S/C16H31F3N2/c1-5-7-13-8-9-14(20-6-2)15(10-13)21(12(3)4)11-16(17,18)19/h12-15,20H,5-11H2,1-4H3. The molecular weight excluding hydrogens is 277 g/mol. The number of nitrogens with one attached hydrogen (secondary N) is 1. The van der Waals surface area contributed by atoms with Crippen molar-refractivity contribution in [2.75, 3.05) is 13.1 Å². The minimum Gasteiger partial charge on any atom is -0.313 e. The van der Waals surface area contributed by atoms with Crippen LogP contribution in [0, 0.1) is 5.92 Å². The van der Waals surface area contributed by atoms with Crippen LogP contribution in [0.4, 0.5) is 13.2 Å². The number of nitrogens with zero attached hydrogens (tertiary/aromatic N) is 1. The van der Waals surface area contributed by atoms with Gasteiger partial charge in [0.2, 0.25) is 0 Å². The van der Waals surface area contributed by atoms with Gasteiger partial charge in [-0.15, -0.1) is 0 Å². The molecule has 0 aliphatic heterocycles. The molecule has 1 fully saturated rings. The maximum Gasteiger partial charge on any atom is 0.401 e. The van der Waals surface area contributed by atoms with Crippen LogP contribution in [0.15, 0.2) is 0 Å². The molecule has 0 bridgehead atoms. The van der Waals surface area contributed by atoms with Gasteiger partial charge in [-0.3, -0.25) is 4.90 Å². The lowest BCUT2D eigenvalue weighted by molar-refractivity contribution is -0.159. The van der Waals surface area contributed by atoms with E-state index in [4.69, 9.17) is 0 Å². The van der Waals surface area contributed by atoms with Crippen LogP contribution in [-0.2, 0) is 0 Å². The van der Waals surface area contributed by atoms with Crippen molar-refractivity contribution in [3.63, 3.8) is 0 Å². The number of halogens is 3. The molecule has 0 spiro atoms. The van der Waals surface area contributed by atoms with Crippen molar-refractivity contribution < 1.29 is 13.2 Å². The highest BCUT2D eigenvalue weighted by Crippen LogP contribution is 2.33. The molecule has 3 atom stereocenters. The van der Waals surface area contributed by atoms with Gasteiger partial charge in [-0.1, -0.05) is 26.7 Å². The molecule has 0 aromatic carbocycles. The van der Waals surface area contributed by atoms with Crippen LogP contribution in [0.2, 0.25) is 0 Å². The van der Waals surface area contributed by atoms with E-state index in [1.807, 2.05) is 20.8 Å². The average molecular weight is 308 g/mol. The average Bonchev–Trinajstić information content (AvgIpc) is 2.37. The predicted octanol–water partition coefficient (Wildman–Crippen LogP) is 4.21. The summed E-state index contributed by atoms with van der Waals surface area (Å²) in [7, 11) is 0. The van der Waals surface area contributed by atoms with Crippen LogP contribution in [0.1, 0.15) is 59.8 Å². The maximum atomic E-state index is 12.9. The number of rotatable bonds is 7. The molecule has 0 radical (unpaired) electrons. The summed E-state index contributed by atoms with van der Waals surface area (Å²) in [5.41, 5.74) is 0. The van der Waals surface area contributed by atoms with Crippen LogP contribution >= 0.6 is 0 Å². The van der Waals surface area contributed by atoms with Crippen molar-refractivity contribution >= 4 is 0 Å². The zero-order valence-corrected chi connectivity index (χ0v) is 13.8. The highest BCUT2D eigenvalue weighted by Gasteiger charge is 2.40. The van der Waals surface area contributed by atoms with Crippen LogP contribution in [0.25, 0.3) is 0 Å². The van der Waals surface area contributed by atoms with Crippen molar-refractivity contribution in [3.8, 4) is 0 Å². The first-order chi connectivity index (χ1) is 9.78. The Labute approximate surface area is 127 Å². The third kappa shape index (κ3) is 6.15. The SMILES string of the molecule is CCCC1CCC(NCC)C(N(CC(F)(F)F)C(C)C)C1. The lowest BCUT2D eigenvalue weighted by atomic mass is 9.79. The van der Waals surface area contributed by atoms with Crippen molar-refractivity contribution in [1.82, 2.24) is 10.2 Å². The quantitative estimate of drug-likeness (QED) is 0.758. The van der Waals surface area contributed by atoms with E-state index < -0.39 is 12.7 Å². The predicted molar refractivity (Wildman–Crippen MR) is 81.4 cm³/mol. The van der Waals surface area contributed by atoms with Gasteiger partial charge < -0.3 is 5.32 Å². The third-order valence-corrected chi connectivity index (χ3v) is 4.54. The molecule has 1 saturated carbocycles. The molecule has 1 rings (SSSR count). The zero-order chi connectivity index (χ0) is 16.0. The highest BCUT2D eigenvalue weighted by molar-refractivity contribution is 4.92. The second kappa shape index (κ2) is 8.37. The van der Waals surface area contributed by atoms with Gasteiger partial charge in [-0.05, 0) is 45.6 Å². The monoisotopic (exact) mass is 308 g/mol. The Morgan fingerprint density at radius 1 is 1.19 bits per heavy atom. The zero-order valence-electron chi connectivity index (χ0n) is 13.8. The fourth-order valence-electron chi connectivity index (χ4n) is 3.66. The molecule has 0 saturated heterocycles. The lowest BCUT2D eigenvalue weighted by Gasteiger charge is -2.45. The lowest BCUT2D eigenvalue weighted by Crippen LogP contribution is -2.57. The Kier molecular flexibility index (Phi) is 7.48. The Morgan fingerprint density at radius 2 is 1.86 bits per heavy atom. The normalized spacial score (nSPS) is 27.6. The fourth-order valence-corrected chi connectivity index (χ4v) is 3.66. The molecule has 21 heavy (non-hydrogen) atoms. The van der Waals surface area contributed by atoms with E-state index in [1.165, 1.54) is 0 Å². The molecule has 3 unspecified atom stereocenters. The van der Waals surface area contributed by atoms with E-state index in [0.717, 1.165) is 38.6 Å². The molecule has 1 N–H and O–H groups in total. The Balaban J connectivity index is 2.85. The second-order valence-electron chi connectivity index (χ2n) is 6.58. The van der Waals surface area contributed by atoms with Gasteiger partial charge in [-0.2, -0.15) is 13.2 Å². The molecule has 0 amide bonds. The van der Waals surface area contributed by atoms with Crippen molar-refractivity contribution in [2.24, 2.45) is 5.92 Å². The van der Waals surface area contributed by atoms with Crippen LogP contribution in [0.5, 0.6) is 0 Å². The van der Waals surface area contributed by atoms with Gasteiger partial charge >= 0.3 is 6.18 Å². The Bertz CT molecular complexity index is 292. The first-order valence-electron chi connectivity index (χ1n) is 8.34. The molecule has 5 heteroatoms. The molecule has 126 valence electrons. The van der Waals surface area contributed by atoms with Crippen LogP contribution in [0.3, 0.4) is 0 Å². The number of alkyl halides is 3. The van der Waals surface area contributed by atoms with E-state index in [-0.39, 0.29) is 18.1 Å². The van der Waals surface area contributed by atoms with Gasteiger partial charge in [-0.25, -0.2) is 0 Å². The summed E-state index contributed by atoms with van der Waals surface area (Å²) in [6.07, 6.45) is 1.14. The van der Waals surface area contributed by atoms with E-state index >= 15 is 0 Å². The number of hydrogen-bond donors (Lipinski definition) is 1. The summed E-state index contributed by atoms with van der Waals surface area (Å²) in [5.74, 6) is 0.574. The first-order valence-corrected chi connectivity index (χ1v) is 8.34. The topological polar surface area (TPSA) is 15.3 Å². The molecule has 1 aliphatic carbocycles. The summed E-state index contributed by atoms with van der Waals surface area (Å²) in [4.78, 5) is 1.66. The van der Waals surface area contributed by atoms with E-state index in [2.05, 4.69) is 12.2 Å². The van der Waals surface area contributed by atoms with E-state index in [0.29, 0.717) is 5.92 Å². The second-order valence-corrected chi connectivity index (χ2v) is 6.58. The summed E-state index contributed by atoms with van der Waals surface area (Å²) >= 11 is 0. The Hall–Kier alpha value is -0.290. The van der Waals surface area contributed by atoms with Gasteiger partial charge in [0.25, 0.3) is 0 Å². The molecule has 2 nitrogen and oxygen atoms in total. The minimum atomic E-state index is -4.13.